The molecule has 0 atom stereocenters. The van der Waals surface area contributed by atoms with Crippen LogP contribution < -0.4 is 5.32 Å². The van der Waals surface area contributed by atoms with Gasteiger partial charge in [0.2, 0.25) is 0 Å². The van der Waals surface area contributed by atoms with Crippen LogP contribution in [0.5, 0.6) is 0 Å². The van der Waals surface area contributed by atoms with E-state index in [0.717, 1.165) is 24.2 Å². The Hall–Kier alpha value is -1.79. The Morgan fingerprint density at radius 3 is 3.00 bits per heavy atom. The smallest absolute Gasteiger partial charge is 0.384 e. The molecule has 0 saturated heterocycles. The summed E-state index contributed by atoms with van der Waals surface area (Å²) < 4.78 is 4.44. The van der Waals surface area contributed by atoms with E-state index < -0.39 is 5.97 Å². The first-order valence-corrected chi connectivity index (χ1v) is 5.16. The molecular formula is C13H15NO2. The molecule has 0 aliphatic carbocycles. The van der Waals surface area contributed by atoms with Crippen LogP contribution in [0.4, 0.5) is 0 Å². The molecule has 0 aliphatic rings. The number of rotatable bonds is 3. The molecule has 0 fully saturated rings. The number of nitrogens with one attached hydrogen (secondary N) is 1. The number of hydrogen-bond donors (Lipinski definition) is 1. The van der Waals surface area contributed by atoms with Crippen LogP contribution in [0.15, 0.2) is 24.3 Å². The summed E-state index contributed by atoms with van der Waals surface area (Å²) in [5, 5.41) is 3.23. The first-order chi connectivity index (χ1) is 7.76. The first kappa shape index (κ1) is 12.3. The molecular weight excluding hydrogens is 202 g/mol. The van der Waals surface area contributed by atoms with Gasteiger partial charge in [-0.25, -0.2) is 4.79 Å². The number of hydrogen-bond acceptors (Lipinski definition) is 3. The summed E-state index contributed by atoms with van der Waals surface area (Å²) in [6, 6.07) is 7.77. The lowest BCUT2D eigenvalue weighted by atomic mass is 10.1. The van der Waals surface area contributed by atoms with Crippen molar-refractivity contribution in [3.05, 3.63) is 35.4 Å². The van der Waals surface area contributed by atoms with Gasteiger partial charge in [-0.3, -0.25) is 0 Å². The topological polar surface area (TPSA) is 38.3 Å². The predicted molar refractivity (Wildman–Crippen MR) is 62.7 cm³/mol. The summed E-state index contributed by atoms with van der Waals surface area (Å²) >= 11 is 0. The van der Waals surface area contributed by atoms with Crippen molar-refractivity contribution in [2.24, 2.45) is 0 Å². The highest BCUT2D eigenvalue weighted by Gasteiger charge is 1.94. The second-order valence-electron chi connectivity index (χ2n) is 3.22. The zero-order chi connectivity index (χ0) is 11.8. The second kappa shape index (κ2) is 6.65. The van der Waals surface area contributed by atoms with Crippen molar-refractivity contribution in [2.75, 3.05) is 13.7 Å². The molecule has 3 nitrogen and oxygen atoms in total. The van der Waals surface area contributed by atoms with Gasteiger partial charge >= 0.3 is 5.97 Å². The summed E-state index contributed by atoms with van der Waals surface area (Å²) in [7, 11) is 1.32. The number of benzene rings is 1. The highest BCUT2D eigenvalue weighted by atomic mass is 16.5. The Morgan fingerprint density at radius 2 is 2.31 bits per heavy atom. The fourth-order valence-electron chi connectivity index (χ4n) is 1.20. The van der Waals surface area contributed by atoms with E-state index in [1.807, 2.05) is 24.3 Å². The third-order valence-electron chi connectivity index (χ3n) is 2.00. The van der Waals surface area contributed by atoms with Crippen molar-refractivity contribution in [1.29, 1.82) is 0 Å². The van der Waals surface area contributed by atoms with Crippen LogP contribution in [0.1, 0.15) is 18.1 Å². The van der Waals surface area contributed by atoms with Gasteiger partial charge in [0.05, 0.1) is 7.11 Å². The molecule has 16 heavy (non-hydrogen) atoms. The Morgan fingerprint density at radius 1 is 1.50 bits per heavy atom. The summed E-state index contributed by atoms with van der Waals surface area (Å²) in [4.78, 5) is 10.8. The maximum absolute atomic E-state index is 10.8. The lowest BCUT2D eigenvalue weighted by Gasteiger charge is -2.01. The molecule has 0 heterocycles. The van der Waals surface area contributed by atoms with Crippen LogP contribution in [0, 0.1) is 11.8 Å². The second-order valence-corrected chi connectivity index (χ2v) is 3.22. The molecule has 1 aromatic rings. The molecule has 3 heteroatoms. The van der Waals surface area contributed by atoms with Crippen molar-refractivity contribution in [3.8, 4) is 11.8 Å². The third-order valence-corrected chi connectivity index (χ3v) is 2.00. The van der Waals surface area contributed by atoms with E-state index in [2.05, 4.69) is 28.8 Å². The number of carbonyl (C=O) groups excluding carboxylic acids is 1. The summed E-state index contributed by atoms with van der Waals surface area (Å²) in [5.74, 6) is 4.64. The Kier molecular flexibility index (Phi) is 5.10. The molecule has 0 amide bonds. The van der Waals surface area contributed by atoms with Gasteiger partial charge < -0.3 is 10.1 Å². The lowest BCUT2D eigenvalue weighted by molar-refractivity contribution is -0.133. The zero-order valence-electron chi connectivity index (χ0n) is 9.54. The van der Waals surface area contributed by atoms with Gasteiger partial charge in [-0.05, 0) is 24.2 Å². The van der Waals surface area contributed by atoms with Crippen LogP contribution in [-0.2, 0) is 16.1 Å². The molecule has 1 rings (SSSR count). The fraction of sp³-hybridized carbons (Fsp3) is 0.308. The third kappa shape index (κ3) is 4.16. The summed E-state index contributed by atoms with van der Waals surface area (Å²) in [6.07, 6.45) is 0. The van der Waals surface area contributed by atoms with Gasteiger partial charge in [0, 0.05) is 18.0 Å². The van der Waals surface area contributed by atoms with Crippen molar-refractivity contribution >= 4 is 5.97 Å². The van der Waals surface area contributed by atoms with Gasteiger partial charge in [-0.1, -0.05) is 25.0 Å². The number of methoxy groups -OCH3 is 1. The van der Waals surface area contributed by atoms with E-state index in [4.69, 9.17) is 0 Å². The van der Waals surface area contributed by atoms with Gasteiger partial charge in [-0.15, -0.1) is 0 Å². The molecule has 1 aromatic carbocycles. The molecule has 0 aromatic heterocycles. The predicted octanol–water partition coefficient (Wildman–Crippen LogP) is 1.32. The average Bonchev–Trinajstić information content (AvgIpc) is 2.34. The average molecular weight is 217 g/mol. The van der Waals surface area contributed by atoms with Crippen molar-refractivity contribution in [1.82, 2.24) is 5.32 Å². The SMILES string of the molecule is CCNCc1cccc(C#CC(=O)OC)c1. The first-order valence-electron chi connectivity index (χ1n) is 5.16. The zero-order valence-corrected chi connectivity index (χ0v) is 9.54. The van der Waals surface area contributed by atoms with E-state index in [9.17, 15) is 4.79 Å². The highest BCUT2D eigenvalue weighted by molar-refractivity contribution is 5.88. The van der Waals surface area contributed by atoms with E-state index in [-0.39, 0.29) is 0 Å². The molecule has 0 bridgehead atoms. The Labute approximate surface area is 95.8 Å². The number of carbonyl (C=O) groups is 1. The summed E-state index contributed by atoms with van der Waals surface area (Å²) in [5.41, 5.74) is 1.97. The van der Waals surface area contributed by atoms with Crippen LogP contribution in [-0.4, -0.2) is 19.6 Å². The lowest BCUT2D eigenvalue weighted by Crippen LogP contribution is -2.11. The monoisotopic (exact) mass is 217 g/mol. The standard InChI is InChI=1S/C13H15NO2/c1-3-14-10-12-6-4-5-11(9-12)7-8-13(15)16-2/h4-6,9,14H,3,10H2,1-2H3. The minimum Gasteiger partial charge on any atom is -0.459 e. The number of ether oxygens (including phenoxy) is 1. The van der Waals surface area contributed by atoms with Crippen LogP contribution in [0.25, 0.3) is 0 Å². The van der Waals surface area contributed by atoms with E-state index in [1.54, 1.807) is 0 Å². The van der Waals surface area contributed by atoms with Gasteiger partial charge in [0.1, 0.15) is 0 Å². The van der Waals surface area contributed by atoms with Gasteiger partial charge in [0.25, 0.3) is 0 Å². The maximum atomic E-state index is 10.8. The molecule has 0 aliphatic heterocycles. The number of esters is 1. The van der Waals surface area contributed by atoms with Crippen LogP contribution >= 0.6 is 0 Å². The highest BCUT2D eigenvalue weighted by Crippen LogP contribution is 2.03. The molecule has 0 spiro atoms. The van der Waals surface area contributed by atoms with Gasteiger partial charge in [0.15, 0.2) is 0 Å². The van der Waals surface area contributed by atoms with Gasteiger partial charge in [-0.2, -0.15) is 0 Å². The minimum absolute atomic E-state index is 0.517. The normalized spacial score (nSPS) is 9.12. The van der Waals surface area contributed by atoms with E-state index in [0.29, 0.717) is 0 Å². The summed E-state index contributed by atoms with van der Waals surface area (Å²) in [6.45, 7) is 3.79. The maximum Gasteiger partial charge on any atom is 0.384 e. The van der Waals surface area contributed by atoms with Crippen molar-refractivity contribution in [3.63, 3.8) is 0 Å². The van der Waals surface area contributed by atoms with E-state index in [1.165, 1.54) is 7.11 Å². The van der Waals surface area contributed by atoms with Crippen molar-refractivity contribution < 1.29 is 9.53 Å². The fourth-order valence-corrected chi connectivity index (χ4v) is 1.20. The van der Waals surface area contributed by atoms with Crippen molar-refractivity contribution in [2.45, 2.75) is 13.5 Å². The molecule has 0 saturated carbocycles. The quantitative estimate of drug-likeness (QED) is 0.613. The molecule has 1 N–H and O–H groups in total. The largest absolute Gasteiger partial charge is 0.459 e. The van der Waals surface area contributed by atoms with E-state index >= 15 is 0 Å². The Balaban J connectivity index is 2.73. The molecule has 0 radical (unpaired) electrons. The van der Waals surface area contributed by atoms with Crippen LogP contribution in [0.3, 0.4) is 0 Å². The molecule has 84 valence electrons. The minimum atomic E-state index is -0.517. The Bertz CT molecular complexity index is 415. The molecule has 0 unspecified atom stereocenters. The van der Waals surface area contributed by atoms with Crippen LogP contribution in [0.2, 0.25) is 0 Å².